The fourth-order valence-electron chi connectivity index (χ4n) is 2.92. The molecule has 22 heavy (non-hydrogen) atoms. The lowest BCUT2D eigenvalue weighted by Crippen LogP contribution is -2.53. The van der Waals surface area contributed by atoms with Crippen molar-refractivity contribution in [1.82, 2.24) is 10.3 Å². The number of fused-ring (bicyclic) bond motifs is 1. The highest BCUT2D eigenvalue weighted by atomic mass is 32.2. The van der Waals surface area contributed by atoms with Gasteiger partial charge in [0.2, 0.25) is 5.91 Å². The van der Waals surface area contributed by atoms with Crippen molar-refractivity contribution in [2.75, 3.05) is 18.1 Å². The quantitative estimate of drug-likeness (QED) is 0.907. The molecule has 1 saturated heterocycles. The molecule has 3 rings (SSSR count). The van der Waals surface area contributed by atoms with E-state index in [4.69, 9.17) is 0 Å². The highest BCUT2D eigenvalue weighted by molar-refractivity contribution is 7.99. The third kappa shape index (κ3) is 3.25. The number of benzene rings is 1. The van der Waals surface area contributed by atoms with Gasteiger partial charge in [0.1, 0.15) is 0 Å². The van der Waals surface area contributed by atoms with Gasteiger partial charge in [-0.25, -0.2) is 0 Å². The van der Waals surface area contributed by atoms with Crippen LogP contribution in [0.1, 0.15) is 18.4 Å². The van der Waals surface area contributed by atoms with Crippen molar-refractivity contribution in [3.8, 4) is 0 Å². The summed E-state index contributed by atoms with van der Waals surface area (Å²) in [4.78, 5) is 16.6. The SMILES string of the molecule is O=C(Cc1cncc2ccccc12)NC1(CO)CCSCC1. The fraction of sp³-hybridized carbons (Fsp3) is 0.412. The monoisotopic (exact) mass is 316 g/mol. The molecule has 0 atom stereocenters. The first-order valence-corrected chi connectivity index (χ1v) is 8.69. The highest BCUT2D eigenvalue weighted by Crippen LogP contribution is 2.27. The smallest absolute Gasteiger partial charge is 0.225 e. The minimum absolute atomic E-state index is 0.00703. The minimum Gasteiger partial charge on any atom is -0.394 e. The Morgan fingerprint density at radius 3 is 2.82 bits per heavy atom. The van der Waals surface area contributed by atoms with Crippen LogP contribution in [0.25, 0.3) is 10.8 Å². The molecule has 0 saturated carbocycles. The third-order valence-electron chi connectivity index (χ3n) is 4.26. The van der Waals surface area contributed by atoms with Gasteiger partial charge in [-0.05, 0) is 35.3 Å². The van der Waals surface area contributed by atoms with Crippen LogP contribution in [0.5, 0.6) is 0 Å². The second-order valence-electron chi connectivity index (χ2n) is 5.80. The molecule has 1 fully saturated rings. The molecule has 4 nitrogen and oxygen atoms in total. The lowest BCUT2D eigenvalue weighted by molar-refractivity contribution is -0.123. The fourth-order valence-corrected chi connectivity index (χ4v) is 4.19. The number of carbonyl (C=O) groups excluding carboxylic acids is 1. The van der Waals surface area contributed by atoms with Crippen molar-refractivity contribution in [2.45, 2.75) is 24.8 Å². The van der Waals surface area contributed by atoms with Crippen LogP contribution in [0.3, 0.4) is 0 Å². The molecule has 0 spiro atoms. The van der Waals surface area contributed by atoms with E-state index in [2.05, 4.69) is 10.3 Å². The Morgan fingerprint density at radius 1 is 1.27 bits per heavy atom. The van der Waals surface area contributed by atoms with Crippen molar-refractivity contribution >= 4 is 28.4 Å². The Labute approximate surface area is 134 Å². The van der Waals surface area contributed by atoms with Crippen molar-refractivity contribution in [2.24, 2.45) is 0 Å². The van der Waals surface area contributed by atoms with E-state index in [-0.39, 0.29) is 12.5 Å². The van der Waals surface area contributed by atoms with Crippen LogP contribution in [0.4, 0.5) is 0 Å². The van der Waals surface area contributed by atoms with E-state index in [0.717, 1.165) is 40.7 Å². The molecule has 2 heterocycles. The van der Waals surface area contributed by atoms with Crippen LogP contribution in [0, 0.1) is 0 Å². The second kappa shape index (κ2) is 6.67. The van der Waals surface area contributed by atoms with E-state index < -0.39 is 5.54 Å². The van der Waals surface area contributed by atoms with Gasteiger partial charge in [-0.3, -0.25) is 9.78 Å². The van der Waals surface area contributed by atoms with Crippen LogP contribution < -0.4 is 5.32 Å². The summed E-state index contributed by atoms with van der Waals surface area (Å²) >= 11 is 1.87. The van der Waals surface area contributed by atoms with E-state index in [1.54, 1.807) is 6.20 Å². The second-order valence-corrected chi connectivity index (χ2v) is 7.02. The van der Waals surface area contributed by atoms with Crippen molar-refractivity contribution in [1.29, 1.82) is 0 Å². The summed E-state index contributed by atoms with van der Waals surface area (Å²) in [6.07, 6.45) is 5.51. The van der Waals surface area contributed by atoms with Crippen LogP contribution in [0.2, 0.25) is 0 Å². The van der Waals surface area contributed by atoms with E-state index >= 15 is 0 Å². The molecule has 1 aromatic carbocycles. The molecule has 0 radical (unpaired) electrons. The van der Waals surface area contributed by atoms with Crippen molar-refractivity contribution in [3.05, 3.63) is 42.2 Å². The van der Waals surface area contributed by atoms with Gasteiger partial charge in [0.05, 0.1) is 18.6 Å². The number of pyridine rings is 1. The van der Waals surface area contributed by atoms with E-state index in [1.165, 1.54) is 0 Å². The number of thioether (sulfide) groups is 1. The molecular formula is C17H20N2O2S. The number of rotatable bonds is 4. The van der Waals surface area contributed by atoms with Gasteiger partial charge in [-0.1, -0.05) is 24.3 Å². The van der Waals surface area contributed by atoms with Crippen LogP contribution in [0.15, 0.2) is 36.7 Å². The van der Waals surface area contributed by atoms with Gasteiger partial charge < -0.3 is 10.4 Å². The number of aliphatic hydroxyl groups is 1. The molecule has 0 unspecified atom stereocenters. The Hall–Kier alpha value is -1.59. The highest BCUT2D eigenvalue weighted by Gasteiger charge is 2.33. The summed E-state index contributed by atoms with van der Waals surface area (Å²) in [5, 5.41) is 14.9. The maximum absolute atomic E-state index is 12.4. The number of aliphatic hydroxyl groups excluding tert-OH is 1. The number of amides is 1. The summed E-state index contributed by atoms with van der Waals surface area (Å²) in [7, 11) is 0. The first kappa shape index (κ1) is 15.3. The van der Waals surface area contributed by atoms with E-state index in [1.807, 2.05) is 42.2 Å². The van der Waals surface area contributed by atoms with Gasteiger partial charge in [-0.2, -0.15) is 11.8 Å². The van der Waals surface area contributed by atoms with Crippen LogP contribution in [-0.4, -0.2) is 39.6 Å². The van der Waals surface area contributed by atoms with Crippen molar-refractivity contribution < 1.29 is 9.90 Å². The summed E-state index contributed by atoms with van der Waals surface area (Å²) in [6, 6.07) is 7.95. The van der Waals surface area contributed by atoms with E-state index in [0.29, 0.717) is 6.42 Å². The normalized spacial score (nSPS) is 17.3. The Balaban J connectivity index is 1.75. The van der Waals surface area contributed by atoms with Gasteiger partial charge in [0.15, 0.2) is 0 Å². The summed E-state index contributed by atoms with van der Waals surface area (Å²) < 4.78 is 0. The summed E-state index contributed by atoms with van der Waals surface area (Å²) in [6.45, 7) is 0.00703. The molecule has 0 aliphatic carbocycles. The lowest BCUT2D eigenvalue weighted by atomic mass is 9.92. The van der Waals surface area contributed by atoms with Crippen LogP contribution in [-0.2, 0) is 11.2 Å². The first-order chi connectivity index (χ1) is 10.7. The van der Waals surface area contributed by atoms with E-state index in [9.17, 15) is 9.90 Å². The number of nitrogens with one attached hydrogen (secondary N) is 1. The molecule has 2 N–H and O–H groups in total. The molecule has 1 aliphatic heterocycles. The Kier molecular flexibility index (Phi) is 4.64. The Morgan fingerprint density at radius 2 is 2.05 bits per heavy atom. The third-order valence-corrected chi connectivity index (χ3v) is 5.24. The molecule has 1 amide bonds. The number of hydrogen-bond donors (Lipinski definition) is 2. The number of hydrogen-bond acceptors (Lipinski definition) is 4. The van der Waals surface area contributed by atoms with Crippen LogP contribution >= 0.6 is 11.8 Å². The van der Waals surface area contributed by atoms with Gasteiger partial charge in [0.25, 0.3) is 0 Å². The number of nitrogens with zero attached hydrogens (tertiary/aromatic N) is 1. The lowest BCUT2D eigenvalue weighted by Gasteiger charge is -2.36. The zero-order valence-electron chi connectivity index (χ0n) is 12.4. The average Bonchev–Trinajstić information content (AvgIpc) is 2.56. The molecule has 1 aliphatic rings. The van der Waals surface area contributed by atoms with Gasteiger partial charge >= 0.3 is 0 Å². The minimum atomic E-state index is -0.444. The zero-order chi connectivity index (χ0) is 15.4. The molecule has 2 aromatic rings. The van der Waals surface area contributed by atoms with Crippen molar-refractivity contribution in [3.63, 3.8) is 0 Å². The average molecular weight is 316 g/mol. The summed E-state index contributed by atoms with van der Waals surface area (Å²) in [5.74, 6) is 1.92. The maximum Gasteiger partial charge on any atom is 0.225 e. The first-order valence-electron chi connectivity index (χ1n) is 7.54. The van der Waals surface area contributed by atoms with Gasteiger partial charge in [0, 0.05) is 17.8 Å². The number of aromatic nitrogens is 1. The predicted molar refractivity (Wildman–Crippen MR) is 90.0 cm³/mol. The topological polar surface area (TPSA) is 62.2 Å². The standard InChI is InChI=1S/C17H20N2O2S/c20-12-17(5-7-22-8-6-17)19-16(21)9-14-11-18-10-13-3-1-2-4-15(13)14/h1-4,10-11,20H,5-9,12H2,(H,19,21). The maximum atomic E-state index is 12.4. The Bertz CT molecular complexity index is 663. The predicted octanol–water partition coefficient (Wildman–Crippen LogP) is 2.15. The molecule has 5 heteroatoms. The molecular weight excluding hydrogens is 296 g/mol. The number of carbonyl (C=O) groups is 1. The molecule has 0 bridgehead atoms. The molecule has 116 valence electrons. The largest absolute Gasteiger partial charge is 0.394 e. The summed E-state index contributed by atoms with van der Waals surface area (Å²) in [5.41, 5.74) is 0.481. The zero-order valence-corrected chi connectivity index (χ0v) is 13.2. The molecule has 1 aromatic heterocycles. The van der Waals surface area contributed by atoms with Gasteiger partial charge in [-0.15, -0.1) is 0 Å².